The summed E-state index contributed by atoms with van der Waals surface area (Å²) in [4.78, 5) is 12.5. The first-order valence-electron chi connectivity index (χ1n) is 8.64. The molecule has 1 aliphatic rings. The fourth-order valence-electron chi connectivity index (χ4n) is 3.06. The Balaban J connectivity index is 1.73. The summed E-state index contributed by atoms with van der Waals surface area (Å²) in [6, 6.07) is 10.8. The SMILES string of the molecule is CC1CCCN(S(=O)(=O)c2ccc(NC(=O)c3ccc(Cl)c(Cl)c3)cc2)C1. The minimum absolute atomic E-state index is 0.226. The Labute approximate surface area is 169 Å². The first-order valence-corrected chi connectivity index (χ1v) is 10.8. The van der Waals surface area contributed by atoms with Crippen molar-refractivity contribution >= 4 is 44.8 Å². The quantitative estimate of drug-likeness (QED) is 0.772. The summed E-state index contributed by atoms with van der Waals surface area (Å²) in [5.74, 6) is 0.00677. The van der Waals surface area contributed by atoms with E-state index in [-0.39, 0.29) is 10.8 Å². The second-order valence-electron chi connectivity index (χ2n) is 6.72. The van der Waals surface area contributed by atoms with Gasteiger partial charge in [-0.05, 0) is 61.2 Å². The number of rotatable bonds is 4. The number of nitrogens with zero attached hydrogens (tertiary/aromatic N) is 1. The summed E-state index contributed by atoms with van der Waals surface area (Å²) in [7, 11) is -3.51. The van der Waals surface area contributed by atoms with Crippen LogP contribution in [0.1, 0.15) is 30.1 Å². The number of amides is 1. The van der Waals surface area contributed by atoms with Crippen LogP contribution in [0.5, 0.6) is 0 Å². The lowest BCUT2D eigenvalue weighted by Gasteiger charge is -2.30. The summed E-state index contributed by atoms with van der Waals surface area (Å²) in [6.45, 7) is 3.14. The van der Waals surface area contributed by atoms with Gasteiger partial charge in [-0.3, -0.25) is 4.79 Å². The van der Waals surface area contributed by atoms with Crippen LogP contribution in [0.2, 0.25) is 10.0 Å². The molecule has 1 N–H and O–H groups in total. The molecular weight excluding hydrogens is 407 g/mol. The minimum atomic E-state index is -3.51. The highest BCUT2D eigenvalue weighted by Gasteiger charge is 2.28. The van der Waals surface area contributed by atoms with Crippen molar-refractivity contribution in [2.75, 3.05) is 18.4 Å². The normalized spacial score (nSPS) is 18.3. The lowest BCUT2D eigenvalue weighted by molar-refractivity contribution is 0.102. The molecule has 8 heteroatoms. The van der Waals surface area contributed by atoms with E-state index in [4.69, 9.17) is 23.2 Å². The van der Waals surface area contributed by atoms with Gasteiger partial charge in [0, 0.05) is 24.3 Å². The van der Waals surface area contributed by atoms with E-state index in [2.05, 4.69) is 12.2 Å². The summed E-state index contributed by atoms with van der Waals surface area (Å²) in [5.41, 5.74) is 0.862. The van der Waals surface area contributed by atoms with Crippen molar-refractivity contribution in [3.63, 3.8) is 0 Å². The van der Waals surface area contributed by atoms with Gasteiger partial charge in [-0.15, -0.1) is 0 Å². The monoisotopic (exact) mass is 426 g/mol. The molecule has 1 aliphatic heterocycles. The second-order valence-corrected chi connectivity index (χ2v) is 9.47. The molecule has 3 rings (SSSR count). The number of sulfonamides is 1. The topological polar surface area (TPSA) is 66.5 Å². The second kappa shape index (κ2) is 8.19. The maximum Gasteiger partial charge on any atom is 0.255 e. The van der Waals surface area contributed by atoms with Crippen molar-refractivity contribution in [3.8, 4) is 0 Å². The molecule has 0 bridgehead atoms. The number of carbonyl (C=O) groups excluding carboxylic acids is 1. The predicted molar refractivity (Wildman–Crippen MR) is 108 cm³/mol. The Kier molecular flexibility index (Phi) is 6.11. The molecule has 1 amide bonds. The Morgan fingerprint density at radius 3 is 2.44 bits per heavy atom. The molecule has 2 aromatic carbocycles. The van der Waals surface area contributed by atoms with Gasteiger partial charge < -0.3 is 5.32 Å². The van der Waals surface area contributed by atoms with Gasteiger partial charge in [0.25, 0.3) is 5.91 Å². The zero-order valence-electron chi connectivity index (χ0n) is 14.8. The third-order valence-electron chi connectivity index (χ3n) is 4.55. The van der Waals surface area contributed by atoms with Crippen molar-refractivity contribution in [2.24, 2.45) is 5.92 Å². The highest BCUT2D eigenvalue weighted by molar-refractivity contribution is 7.89. The highest BCUT2D eigenvalue weighted by Crippen LogP contribution is 2.25. The van der Waals surface area contributed by atoms with Crippen LogP contribution in [0.25, 0.3) is 0 Å². The number of hydrogen-bond donors (Lipinski definition) is 1. The number of halogens is 2. The Bertz CT molecular complexity index is 946. The summed E-state index contributed by atoms with van der Waals surface area (Å²) >= 11 is 11.8. The number of benzene rings is 2. The molecule has 5 nitrogen and oxygen atoms in total. The van der Waals surface area contributed by atoms with Crippen molar-refractivity contribution in [1.82, 2.24) is 4.31 Å². The third-order valence-corrected chi connectivity index (χ3v) is 7.17. The molecule has 0 saturated carbocycles. The van der Waals surface area contributed by atoms with Crippen LogP contribution >= 0.6 is 23.2 Å². The summed E-state index contributed by atoms with van der Waals surface area (Å²) in [6.07, 6.45) is 1.92. The van der Waals surface area contributed by atoms with Gasteiger partial charge in [0.05, 0.1) is 14.9 Å². The smallest absolute Gasteiger partial charge is 0.255 e. The average molecular weight is 427 g/mol. The number of carbonyl (C=O) groups is 1. The molecule has 0 aliphatic carbocycles. The third kappa shape index (κ3) is 4.63. The van der Waals surface area contributed by atoms with Crippen LogP contribution in [0.15, 0.2) is 47.4 Å². The van der Waals surface area contributed by atoms with Gasteiger partial charge in [0.2, 0.25) is 10.0 Å². The van der Waals surface area contributed by atoms with Gasteiger partial charge in [-0.2, -0.15) is 4.31 Å². The summed E-state index contributed by atoms with van der Waals surface area (Å²) in [5, 5.41) is 3.38. The van der Waals surface area contributed by atoms with Gasteiger partial charge in [-0.1, -0.05) is 30.1 Å². The van der Waals surface area contributed by atoms with E-state index in [1.54, 1.807) is 24.3 Å². The van der Waals surface area contributed by atoms with E-state index in [0.29, 0.717) is 40.3 Å². The Morgan fingerprint density at radius 1 is 1.11 bits per heavy atom. The van der Waals surface area contributed by atoms with Crippen molar-refractivity contribution in [2.45, 2.75) is 24.7 Å². The molecule has 27 heavy (non-hydrogen) atoms. The lowest BCUT2D eigenvalue weighted by Crippen LogP contribution is -2.39. The van der Waals surface area contributed by atoms with E-state index in [1.165, 1.54) is 22.5 Å². The molecule has 1 atom stereocenters. The fourth-order valence-corrected chi connectivity index (χ4v) is 4.96. The van der Waals surface area contributed by atoms with Crippen molar-refractivity contribution < 1.29 is 13.2 Å². The maximum absolute atomic E-state index is 12.8. The van der Waals surface area contributed by atoms with E-state index >= 15 is 0 Å². The van der Waals surface area contributed by atoms with E-state index in [1.807, 2.05) is 0 Å². The standard InChI is InChI=1S/C19H20Cl2N2O3S/c1-13-3-2-10-23(12-13)27(25,26)16-7-5-15(6-8-16)22-19(24)14-4-9-17(20)18(21)11-14/h4-9,11,13H,2-3,10,12H2,1H3,(H,22,24). The van der Waals surface area contributed by atoms with E-state index in [0.717, 1.165) is 12.8 Å². The van der Waals surface area contributed by atoms with Crippen molar-refractivity contribution in [3.05, 3.63) is 58.1 Å². The molecule has 144 valence electrons. The van der Waals surface area contributed by atoms with Gasteiger partial charge in [-0.25, -0.2) is 8.42 Å². The molecule has 1 fully saturated rings. The highest BCUT2D eigenvalue weighted by atomic mass is 35.5. The van der Waals surface area contributed by atoms with Gasteiger partial charge in [0.1, 0.15) is 0 Å². The van der Waals surface area contributed by atoms with Gasteiger partial charge >= 0.3 is 0 Å². The molecule has 0 radical (unpaired) electrons. The van der Waals surface area contributed by atoms with Crippen LogP contribution in [0.3, 0.4) is 0 Å². The molecule has 0 spiro atoms. The van der Waals surface area contributed by atoms with Crippen LogP contribution in [-0.2, 0) is 10.0 Å². The fraction of sp³-hybridized carbons (Fsp3) is 0.316. The van der Waals surface area contributed by atoms with Gasteiger partial charge in [0.15, 0.2) is 0 Å². The molecule has 0 aromatic heterocycles. The van der Waals surface area contributed by atoms with Crippen LogP contribution in [0.4, 0.5) is 5.69 Å². The minimum Gasteiger partial charge on any atom is -0.322 e. The number of hydrogen-bond acceptors (Lipinski definition) is 3. The Hall–Kier alpha value is -1.60. The van der Waals surface area contributed by atoms with Crippen LogP contribution < -0.4 is 5.32 Å². The predicted octanol–water partition coefficient (Wildman–Crippen LogP) is 4.67. The molecule has 1 unspecified atom stereocenters. The summed E-state index contributed by atoms with van der Waals surface area (Å²) < 4.78 is 27.1. The van der Waals surface area contributed by atoms with E-state index in [9.17, 15) is 13.2 Å². The molecule has 1 saturated heterocycles. The number of nitrogens with one attached hydrogen (secondary N) is 1. The molecule has 1 heterocycles. The first kappa shape index (κ1) is 20.1. The molecule has 2 aromatic rings. The van der Waals surface area contributed by atoms with Crippen molar-refractivity contribution in [1.29, 1.82) is 0 Å². The average Bonchev–Trinajstić information content (AvgIpc) is 2.64. The number of piperidine rings is 1. The zero-order chi connectivity index (χ0) is 19.6. The Morgan fingerprint density at radius 2 is 1.81 bits per heavy atom. The maximum atomic E-state index is 12.8. The largest absolute Gasteiger partial charge is 0.322 e. The molecular formula is C19H20Cl2N2O3S. The zero-order valence-corrected chi connectivity index (χ0v) is 17.1. The van der Waals surface area contributed by atoms with Crippen LogP contribution in [-0.4, -0.2) is 31.7 Å². The first-order chi connectivity index (χ1) is 12.8. The van der Waals surface area contributed by atoms with E-state index < -0.39 is 10.0 Å². The van der Waals surface area contributed by atoms with Crippen LogP contribution in [0, 0.1) is 5.92 Å². The number of anilines is 1. The lowest BCUT2D eigenvalue weighted by atomic mass is 10.0.